The minimum atomic E-state index is -0.469. The van der Waals surface area contributed by atoms with E-state index in [4.69, 9.17) is 0 Å². The molecule has 26 heavy (non-hydrogen) atoms. The Morgan fingerprint density at radius 3 is 2.54 bits per heavy atom. The predicted octanol–water partition coefficient (Wildman–Crippen LogP) is 5.17. The fourth-order valence-corrected chi connectivity index (χ4v) is 4.11. The van der Waals surface area contributed by atoms with Crippen LogP contribution in [0.15, 0.2) is 24.3 Å². The average Bonchev–Trinajstić information content (AvgIpc) is 2.95. The Hall–Kier alpha value is -2.14. The van der Waals surface area contributed by atoms with Crippen molar-refractivity contribution in [3.63, 3.8) is 0 Å². The van der Waals surface area contributed by atoms with Crippen molar-refractivity contribution in [3.05, 3.63) is 45.8 Å². The number of anilines is 2. The molecule has 1 aromatic heterocycles. The van der Waals surface area contributed by atoms with Gasteiger partial charge >= 0.3 is 0 Å². The van der Waals surface area contributed by atoms with Crippen LogP contribution < -0.4 is 10.6 Å². The van der Waals surface area contributed by atoms with Crippen LogP contribution in [-0.4, -0.2) is 11.8 Å². The van der Waals surface area contributed by atoms with E-state index in [0.29, 0.717) is 9.88 Å². The Balaban J connectivity index is 1.78. The van der Waals surface area contributed by atoms with Crippen molar-refractivity contribution in [2.45, 2.75) is 53.4 Å². The van der Waals surface area contributed by atoms with Gasteiger partial charge in [-0.3, -0.25) is 9.59 Å². The number of carbonyl (C=O) groups is 2. The predicted molar refractivity (Wildman–Crippen MR) is 108 cm³/mol. The van der Waals surface area contributed by atoms with Crippen LogP contribution in [0, 0.1) is 12.3 Å². The first kappa shape index (κ1) is 18.6. The Bertz CT molecular complexity index is 846. The molecule has 0 unspecified atom stereocenters. The highest BCUT2D eigenvalue weighted by molar-refractivity contribution is 7.18. The summed E-state index contributed by atoms with van der Waals surface area (Å²) in [4.78, 5) is 25.6. The summed E-state index contributed by atoms with van der Waals surface area (Å²) in [6.45, 7) is 7.51. The van der Waals surface area contributed by atoms with E-state index in [9.17, 15) is 9.59 Å². The van der Waals surface area contributed by atoms with Crippen LogP contribution in [0.4, 0.5) is 10.7 Å². The summed E-state index contributed by atoms with van der Waals surface area (Å²) in [5.74, 6) is -0.162. The number of fused-ring (bicyclic) bond motifs is 1. The molecule has 0 radical (unpaired) electrons. The number of rotatable bonds is 3. The number of amides is 2. The zero-order chi connectivity index (χ0) is 18.9. The first-order valence-corrected chi connectivity index (χ1v) is 9.91. The number of thiophene rings is 1. The minimum Gasteiger partial charge on any atom is -0.321 e. The van der Waals surface area contributed by atoms with Crippen LogP contribution in [0.2, 0.25) is 0 Å². The van der Waals surface area contributed by atoms with Gasteiger partial charge in [0.05, 0.1) is 9.88 Å². The molecular weight excluding hydrogens is 344 g/mol. The fraction of sp³-hybridized carbons (Fsp3) is 0.429. The number of hydrogen-bond donors (Lipinski definition) is 2. The summed E-state index contributed by atoms with van der Waals surface area (Å²) in [6.07, 6.45) is 4.48. The van der Waals surface area contributed by atoms with Crippen molar-refractivity contribution >= 4 is 33.8 Å². The lowest BCUT2D eigenvalue weighted by molar-refractivity contribution is -0.123. The molecule has 5 heteroatoms. The zero-order valence-electron chi connectivity index (χ0n) is 15.9. The van der Waals surface area contributed by atoms with Crippen molar-refractivity contribution in [1.82, 2.24) is 0 Å². The maximum atomic E-state index is 12.8. The molecule has 1 aliphatic carbocycles. The zero-order valence-corrected chi connectivity index (χ0v) is 16.7. The summed E-state index contributed by atoms with van der Waals surface area (Å²) in [7, 11) is 0. The third-order valence-corrected chi connectivity index (χ3v) is 5.84. The molecule has 1 aliphatic rings. The molecule has 0 saturated carbocycles. The second-order valence-corrected chi connectivity index (χ2v) is 8.98. The molecule has 0 spiro atoms. The van der Waals surface area contributed by atoms with Crippen molar-refractivity contribution in [1.29, 1.82) is 0 Å². The van der Waals surface area contributed by atoms with E-state index in [0.717, 1.165) is 24.1 Å². The maximum absolute atomic E-state index is 12.8. The molecule has 138 valence electrons. The highest BCUT2D eigenvalue weighted by atomic mass is 32.1. The Labute approximate surface area is 159 Å². The standard InChI is InChI=1S/C21H26N2O2S/c1-13-12-17(23-20(25)21(2,3)4)26-18(13)19(24)22-16-11-7-9-14-8-5-6-10-15(14)16/h7,9,11-12H,5-6,8,10H2,1-4H3,(H,22,24)(H,23,25). The van der Waals surface area contributed by atoms with Gasteiger partial charge < -0.3 is 10.6 Å². The van der Waals surface area contributed by atoms with Crippen LogP contribution in [0.1, 0.15) is 60.0 Å². The van der Waals surface area contributed by atoms with E-state index >= 15 is 0 Å². The lowest BCUT2D eigenvalue weighted by atomic mass is 9.90. The van der Waals surface area contributed by atoms with Gasteiger partial charge in [0.15, 0.2) is 0 Å². The number of carbonyl (C=O) groups excluding carboxylic acids is 2. The fourth-order valence-electron chi connectivity index (χ4n) is 3.15. The first-order valence-electron chi connectivity index (χ1n) is 9.09. The van der Waals surface area contributed by atoms with Crippen molar-refractivity contribution < 1.29 is 9.59 Å². The van der Waals surface area contributed by atoms with Gasteiger partial charge in [-0.25, -0.2) is 0 Å². The Morgan fingerprint density at radius 2 is 1.81 bits per heavy atom. The second kappa shape index (κ2) is 7.23. The molecule has 1 aromatic carbocycles. The van der Waals surface area contributed by atoms with Crippen LogP contribution in [-0.2, 0) is 17.6 Å². The SMILES string of the molecule is Cc1cc(NC(=O)C(C)(C)C)sc1C(=O)Nc1cccc2c1CCCC2. The molecule has 2 N–H and O–H groups in total. The maximum Gasteiger partial charge on any atom is 0.266 e. The summed E-state index contributed by atoms with van der Waals surface area (Å²) in [5.41, 5.74) is 3.93. The number of aryl methyl sites for hydroxylation is 2. The van der Waals surface area contributed by atoms with Gasteiger partial charge in [-0.05, 0) is 61.4 Å². The van der Waals surface area contributed by atoms with Gasteiger partial charge in [0.2, 0.25) is 5.91 Å². The van der Waals surface area contributed by atoms with Crippen LogP contribution in [0.5, 0.6) is 0 Å². The number of benzene rings is 1. The second-order valence-electron chi connectivity index (χ2n) is 7.93. The smallest absolute Gasteiger partial charge is 0.266 e. The lowest BCUT2D eigenvalue weighted by Gasteiger charge is -2.19. The summed E-state index contributed by atoms with van der Waals surface area (Å²) in [5, 5.41) is 6.70. The topological polar surface area (TPSA) is 58.2 Å². The van der Waals surface area contributed by atoms with Crippen molar-refractivity contribution in [3.8, 4) is 0 Å². The van der Waals surface area contributed by atoms with Gasteiger partial charge in [-0.2, -0.15) is 0 Å². The van der Waals surface area contributed by atoms with Crippen LogP contribution in [0.3, 0.4) is 0 Å². The summed E-state index contributed by atoms with van der Waals surface area (Å²) >= 11 is 1.32. The van der Waals surface area contributed by atoms with E-state index < -0.39 is 5.41 Å². The normalized spacial score (nSPS) is 13.8. The number of hydrogen-bond acceptors (Lipinski definition) is 3. The van der Waals surface area contributed by atoms with E-state index in [1.165, 1.54) is 35.3 Å². The number of nitrogens with one attached hydrogen (secondary N) is 2. The average molecular weight is 371 g/mol. The highest BCUT2D eigenvalue weighted by Crippen LogP contribution is 2.31. The molecule has 0 atom stereocenters. The monoisotopic (exact) mass is 370 g/mol. The van der Waals surface area contributed by atoms with Crippen LogP contribution in [0.25, 0.3) is 0 Å². The van der Waals surface area contributed by atoms with E-state index in [-0.39, 0.29) is 11.8 Å². The Morgan fingerprint density at radius 1 is 1.08 bits per heavy atom. The molecule has 3 rings (SSSR count). The summed E-state index contributed by atoms with van der Waals surface area (Å²) in [6, 6.07) is 8.01. The van der Waals surface area contributed by atoms with Gasteiger partial charge in [-0.1, -0.05) is 32.9 Å². The highest BCUT2D eigenvalue weighted by Gasteiger charge is 2.23. The quantitative estimate of drug-likeness (QED) is 0.783. The van der Waals surface area contributed by atoms with Crippen molar-refractivity contribution in [2.24, 2.45) is 5.41 Å². The third-order valence-electron chi connectivity index (χ3n) is 4.69. The van der Waals surface area contributed by atoms with E-state index in [2.05, 4.69) is 16.7 Å². The molecular formula is C21H26N2O2S. The van der Waals surface area contributed by atoms with E-state index in [1.807, 2.05) is 45.9 Å². The first-order chi connectivity index (χ1) is 12.3. The molecule has 1 heterocycles. The molecule has 0 bridgehead atoms. The lowest BCUT2D eigenvalue weighted by Crippen LogP contribution is -2.27. The van der Waals surface area contributed by atoms with Gasteiger partial charge in [0, 0.05) is 11.1 Å². The van der Waals surface area contributed by atoms with Crippen LogP contribution >= 0.6 is 11.3 Å². The molecule has 0 saturated heterocycles. The summed E-state index contributed by atoms with van der Waals surface area (Å²) < 4.78 is 0. The molecule has 2 aromatic rings. The Kier molecular flexibility index (Phi) is 5.19. The van der Waals surface area contributed by atoms with Crippen molar-refractivity contribution in [2.75, 3.05) is 10.6 Å². The van der Waals surface area contributed by atoms with Gasteiger partial charge in [0.1, 0.15) is 0 Å². The minimum absolute atomic E-state index is 0.0529. The molecule has 0 fully saturated rings. The van der Waals surface area contributed by atoms with Gasteiger partial charge in [-0.15, -0.1) is 11.3 Å². The van der Waals surface area contributed by atoms with E-state index in [1.54, 1.807) is 0 Å². The van der Waals surface area contributed by atoms with Gasteiger partial charge in [0.25, 0.3) is 5.91 Å². The molecule has 4 nitrogen and oxygen atoms in total. The third kappa shape index (κ3) is 3.98. The largest absolute Gasteiger partial charge is 0.321 e. The molecule has 2 amide bonds. The molecule has 0 aliphatic heterocycles.